The second kappa shape index (κ2) is 11.3. The molecule has 1 aliphatic heterocycles. The summed E-state index contributed by atoms with van der Waals surface area (Å²) in [5, 5.41) is 0.573. The molecule has 0 spiro atoms. The third-order valence-electron chi connectivity index (χ3n) is 5.52. The van der Waals surface area contributed by atoms with Gasteiger partial charge in [-0.15, -0.1) is 0 Å². The SMILES string of the molecule is COc1ccc(CCC(=O)N(Cc2ccccc2)C(C)CN2CCOCC2)cc1Cl. The summed E-state index contributed by atoms with van der Waals surface area (Å²) >= 11 is 6.24. The highest BCUT2D eigenvalue weighted by Crippen LogP contribution is 2.25. The van der Waals surface area contributed by atoms with Crippen molar-refractivity contribution >= 4 is 17.5 Å². The van der Waals surface area contributed by atoms with Gasteiger partial charge in [0.2, 0.25) is 5.91 Å². The maximum absolute atomic E-state index is 13.2. The standard InChI is InChI=1S/C24H31ClN2O3/c1-19(17-26-12-14-30-15-13-26)27(18-21-6-4-3-5-7-21)24(28)11-9-20-8-10-23(29-2)22(25)16-20/h3-8,10,16,19H,9,11-15,17-18H2,1-2H3. The van der Waals surface area contributed by atoms with Crippen LogP contribution in [-0.2, 0) is 22.5 Å². The number of aryl methyl sites for hydroxylation is 1. The number of ether oxygens (including phenoxy) is 2. The number of morpholine rings is 1. The first-order valence-corrected chi connectivity index (χ1v) is 10.9. The van der Waals surface area contributed by atoms with Crippen LogP contribution in [0.1, 0.15) is 24.5 Å². The summed E-state index contributed by atoms with van der Waals surface area (Å²) in [6.07, 6.45) is 1.10. The predicted octanol–water partition coefficient (Wildman–Crippen LogP) is 4.03. The van der Waals surface area contributed by atoms with E-state index in [1.165, 1.54) is 0 Å². The van der Waals surface area contributed by atoms with Gasteiger partial charge in [-0.1, -0.05) is 48.0 Å². The van der Waals surface area contributed by atoms with Gasteiger partial charge < -0.3 is 14.4 Å². The summed E-state index contributed by atoms with van der Waals surface area (Å²) in [6.45, 7) is 6.98. The van der Waals surface area contributed by atoms with Crippen LogP contribution in [0.3, 0.4) is 0 Å². The second-order valence-corrected chi connectivity index (χ2v) is 8.15. The lowest BCUT2D eigenvalue weighted by molar-refractivity contribution is -0.134. The van der Waals surface area contributed by atoms with E-state index in [0.29, 0.717) is 30.2 Å². The van der Waals surface area contributed by atoms with Crippen molar-refractivity contribution in [1.82, 2.24) is 9.80 Å². The van der Waals surface area contributed by atoms with Crippen molar-refractivity contribution in [3.05, 3.63) is 64.7 Å². The number of hydrogen-bond acceptors (Lipinski definition) is 4. The molecule has 1 unspecified atom stereocenters. The number of carbonyl (C=O) groups excluding carboxylic acids is 1. The van der Waals surface area contributed by atoms with Gasteiger partial charge in [0.1, 0.15) is 5.75 Å². The van der Waals surface area contributed by atoms with Crippen LogP contribution in [-0.4, -0.2) is 61.7 Å². The summed E-state index contributed by atoms with van der Waals surface area (Å²) in [5.74, 6) is 0.808. The van der Waals surface area contributed by atoms with E-state index in [4.69, 9.17) is 21.1 Å². The van der Waals surface area contributed by atoms with Crippen LogP contribution >= 0.6 is 11.6 Å². The number of carbonyl (C=O) groups is 1. The van der Waals surface area contributed by atoms with E-state index in [0.717, 1.165) is 44.0 Å². The summed E-state index contributed by atoms with van der Waals surface area (Å²) in [4.78, 5) is 17.6. The maximum atomic E-state index is 13.2. The lowest BCUT2D eigenvalue weighted by Crippen LogP contribution is -2.48. The van der Waals surface area contributed by atoms with Crippen LogP contribution in [0.5, 0.6) is 5.75 Å². The number of hydrogen-bond donors (Lipinski definition) is 0. The Morgan fingerprint density at radius 2 is 1.90 bits per heavy atom. The molecular weight excluding hydrogens is 400 g/mol. The van der Waals surface area contributed by atoms with Crippen LogP contribution < -0.4 is 4.74 Å². The number of rotatable bonds is 9. The number of amides is 1. The molecule has 162 valence electrons. The van der Waals surface area contributed by atoms with Crippen LogP contribution in [0.4, 0.5) is 0 Å². The molecule has 0 radical (unpaired) electrons. The highest BCUT2D eigenvalue weighted by atomic mass is 35.5. The molecule has 2 aromatic carbocycles. The van der Waals surface area contributed by atoms with Crippen molar-refractivity contribution in [2.45, 2.75) is 32.4 Å². The van der Waals surface area contributed by atoms with Gasteiger partial charge in [0.25, 0.3) is 0 Å². The molecular formula is C24H31ClN2O3. The number of methoxy groups -OCH3 is 1. The van der Waals surface area contributed by atoms with E-state index in [1.54, 1.807) is 7.11 Å². The molecule has 3 rings (SSSR count). The summed E-state index contributed by atoms with van der Waals surface area (Å²) < 4.78 is 10.7. The summed E-state index contributed by atoms with van der Waals surface area (Å²) in [7, 11) is 1.60. The minimum absolute atomic E-state index is 0.121. The zero-order valence-electron chi connectivity index (χ0n) is 17.9. The molecule has 0 N–H and O–H groups in total. The Labute approximate surface area is 184 Å². The second-order valence-electron chi connectivity index (χ2n) is 7.74. The van der Waals surface area contributed by atoms with Crippen molar-refractivity contribution in [3.63, 3.8) is 0 Å². The first-order chi connectivity index (χ1) is 14.6. The molecule has 1 heterocycles. The van der Waals surface area contributed by atoms with Gasteiger partial charge >= 0.3 is 0 Å². The van der Waals surface area contributed by atoms with Crippen molar-refractivity contribution in [1.29, 1.82) is 0 Å². The molecule has 1 fully saturated rings. The first kappa shape index (κ1) is 22.6. The molecule has 1 saturated heterocycles. The molecule has 0 saturated carbocycles. The number of halogens is 1. The zero-order valence-corrected chi connectivity index (χ0v) is 18.6. The van der Waals surface area contributed by atoms with Crippen molar-refractivity contribution < 1.29 is 14.3 Å². The van der Waals surface area contributed by atoms with Gasteiger partial charge in [-0.2, -0.15) is 0 Å². The fourth-order valence-corrected chi connectivity index (χ4v) is 4.07. The minimum atomic E-state index is 0.121. The van der Waals surface area contributed by atoms with Gasteiger partial charge in [-0.3, -0.25) is 9.69 Å². The van der Waals surface area contributed by atoms with Gasteiger partial charge in [0.15, 0.2) is 0 Å². The van der Waals surface area contributed by atoms with Gasteiger partial charge in [-0.25, -0.2) is 0 Å². The Balaban J connectivity index is 1.66. The summed E-state index contributed by atoms with van der Waals surface area (Å²) in [5.41, 5.74) is 2.18. The molecule has 0 aromatic heterocycles. The average Bonchev–Trinajstić information content (AvgIpc) is 2.77. The lowest BCUT2D eigenvalue weighted by atomic mass is 10.1. The molecule has 1 amide bonds. The molecule has 2 aromatic rings. The van der Waals surface area contributed by atoms with Crippen LogP contribution in [0, 0.1) is 0 Å². The van der Waals surface area contributed by atoms with Crippen LogP contribution in [0.2, 0.25) is 5.02 Å². The smallest absolute Gasteiger partial charge is 0.223 e. The van der Waals surface area contributed by atoms with E-state index in [9.17, 15) is 4.79 Å². The van der Waals surface area contributed by atoms with E-state index in [-0.39, 0.29) is 11.9 Å². The van der Waals surface area contributed by atoms with E-state index < -0.39 is 0 Å². The monoisotopic (exact) mass is 430 g/mol. The molecule has 0 aliphatic carbocycles. The highest BCUT2D eigenvalue weighted by Gasteiger charge is 2.23. The van der Waals surface area contributed by atoms with Gasteiger partial charge in [0.05, 0.1) is 25.3 Å². The molecule has 5 nitrogen and oxygen atoms in total. The zero-order chi connectivity index (χ0) is 21.3. The van der Waals surface area contributed by atoms with E-state index in [2.05, 4.69) is 24.0 Å². The lowest BCUT2D eigenvalue weighted by Gasteiger charge is -2.35. The fraction of sp³-hybridized carbons (Fsp3) is 0.458. The summed E-state index contributed by atoms with van der Waals surface area (Å²) in [6, 6.07) is 16.0. The van der Waals surface area contributed by atoms with Gasteiger partial charge in [-0.05, 0) is 36.6 Å². The largest absolute Gasteiger partial charge is 0.495 e. The molecule has 1 atom stereocenters. The third kappa shape index (κ3) is 6.46. The van der Waals surface area contributed by atoms with Gasteiger partial charge in [0, 0.05) is 38.6 Å². The predicted molar refractivity (Wildman–Crippen MR) is 120 cm³/mol. The van der Waals surface area contributed by atoms with E-state index in [1.807, 2.05) is 41.3 Å². The van der Waals surface area contributed by atoms with Crippen LogP contribution in [0.25, 0.3) is 0 Å². The third-order valence-corrected chi connectivity index (χ3v) is 5.81. The van der Waals surface area contributed by atoms with Crippen LogP contribution in [0.15, 0.2) is 48.5 Å². The topological polar surface area (TPSA) is 42.0 Å². The molecule has 1 aliphatic rings. The maximum Gasteiger partial charge on any atom is 0.223 e. The Hall–Kier alpha value is -2.08. The minimum Gasteiger partial charge on any atom is -0.495 e. The molecule has 30 heavy (non-hydrogen) atoms. The number of benzene rings is 2. The quantitative estimate of drug-likeness (QED) is 0.602. The Morgan fingerprint density at radius 1 is 1.17 bits per heavy atom. The average molecular weight is 431 g/mol. The van der Waals surface area contributed by atoms with Crippen molar-refractivity contribution in [3.8, 4) is 5.75 Å². The Morgan fingerprint density at radius 3 is 2.57 bits per heavy atom. The number of nitrogens with zero attached hydrogens (tertiary/aromatic N) is 2. The molecule has 6 heteroatoms. The molecule has 0 bridgehead atoms. The Bertz CT molecular complexity index is 809. The Kier molecular flexibility index (Phi) is 8.55. The highest BCUT2D eigenvalue weighted by molar-refractivity contribution is 6.32. The normalized spacial score (nSPS) is 15.6. The van der Waals surface area contributed by atoms with Crippen molar-refractivity contribution in [2.75, 3.05) is 40.0 Å². The van der Waals surface area contributed by atoms with E-state index >= 15 is 0 Å². The fourth-order valence-electron chi connectivity index (χ4n) is 3.79. The van der Waals surface area contributed by atoms with Crippen molar-refractivity contribution in [2.24, 2.45) is 0 Å². The first-order valence-electron chi connectivity index (χ1n) is 10.5.